The first-order valence-corrected chi connectivity index (χ1v) is 5.59. The smallest absolute Gasteiger partial charge is 0.305 e. The molecule has 0 aromatic heterocycles. The Hall–Kier alpha value is -2.03. The Morgan fingerprint density at radius 3 is 2.65 bits per heavy atom. The van der Waals surface area contributed by atoms with Crippen LogP contribution in [0, 0.1) is 0 Å². The highest BCUT2D eigenvalue weighted by atomic mass is 16.4. The first kappa shape index (κ1) is 11.5. The lowest BCUT2D eigenvalue weighted by Crippen LogP contribution is -2.21. The molecule has 0 heterocycles. The third-order valence-corrected chi connectivity index (χ3v) is 2.84. The molecule has 1 N–H and O–H groups in total. The largest absolute Gasteiger partial charge is 0.481 e. The Bertz CT molecular complexity index is 531. The molecular formula is C14H15NO2. The van der Waals surface area contributed by atoms with E-state index in [1.165, 1.54) is 5.39 Å². The maximum absolute atomic E-state index is 10.6. The van der Waals surface area contributed by atoms with Crippen molar-refractivity contribution in [1.82, 2.24) is 0 Å². The zero-order valence-electron chi connectivity index (χ0n) is 9.76. The molecule has 0 aliphatic rings. The van der Waals surface area contributed by atoms with E-state index < -0.39 is 5.97 Å². The van der Waals surface area contributed by atoms with Crippen LogP contribution in [0.1, 0.15) is 6.42 Å². The van der Waals surface area contributed by atoms with Crippen LogP contribution in [-0.2, 0) is 4.79 Å². The van der Waals surface area contributed by atoms with E-state index in [1.807, 2.05) is 36.2 Å². The highest BCUT2D eigenvalue weighted by Gasteiger charge is 2.06. The van der Waals surface area contributed by atoms with Crippen molar-refractivity contribution in [1.29, 1.82) is 0 Å². The molecule has 0 fully saturated rings. The fraction of sp³-hybridized carbons (Fsp3) is 0.214. The summed E-state index contributed by atoms with van der Waals surface area (Å²) in [5.74, 6) is -0.767. The van der Waals surface area contributed by atoms with Crippen LogP contribution in [0.15, 0.2) is 42.5 Å². The van der Waals surface area contributed by atoms with Gasteiger partial charge in [-0.15, -0.1) is 0 Å². The molecule has 0 bridgehead atoms. The van der Waals surface area contributed by atoms with Crippen LogP contribution in [0.4, 0.5) is 5.69 Å². The Morgan fingerprint density at radius 2 is 1.88 bits per heavy atom. The fourth-order valence-electron chi connectivity index (χ4n) is 1.92. The van der Waals surface area contributed by atoms with E-state index in [1.54, 1.807) is 0 Å². The lowest BCUT2D eigenvalue weighted by atomic mass is 10.1. The summed E-state index contributed by atoms with van der Waals surface area (Å²) in [7, 11) is 1.92. The van der Waals surface area contributed by atoms with Gasteiger partial charge >= 0.3 is 5.97 Å². The molecule has 0 unspecified atom stereocenters. The van der Waals surface area contributed by atoms with Gasteiger partial charge in [0.2, 0.25) is 0 Å². The molecule has 88 valence electrons. The minimum Gasteiger partial charge on any atom is -0.481 e. The SMILES string of the molecule is CN(CCC(=O)O)c1cccc2ccccc12. The number of carboxylic acid groups (broad SMARTS) is 1. The number of hydrogen-bond acceptors (Lipinski definition) is 2. The van der Waals surface area contributed by atoms with E-state index in [2.05, 4.69) is 18.2 Å². The first-order valence-electron chi connectivity index (χ1n) is 5.59. The molecule has 3 nitrogen and oxygen atoms in total. The van der Waals surface area contributed by atoms with Crippen molar-refractivity contribution in [2.24, 2.45) is 0 Å². The zero-order chi connectivity index (χ0) is 12.3. The number of nitrogens with zero attached hydrogens (tertiary/aromatic N) is 1. The maximum atomic E-state index is 10.6. The lowest BCUT2D eigenvalue weighted by Gasteiger charge is -2.20. The monoisotopic (exact) mass is 229 g/mol. The molecule has 3 heteroatoms. The van der Waals surface area contributed by atoms with E-state index in [4.69, 9.17) is 5.11 Å². The van der Waals surface area contributed by atoms with E-state index >= 15 is 0 Å². The van der Waals surface area contributed by atoms with Crippen LogP contribution in [0.2, 0.25) is 0 Å². The van der Waals surface area contributed by atoms with Gasteiger partial charge in [-0.2, -0.15) is 0 Å². The molecular weight excluding hydrogens is 214 g/mol. The van der Waals surface area contributed by atoms with Crippen molar-refractivity contribution in [3.8, 4) is 0 Å². The minimum atomic E-state index is -0.767. The van der Waals surface area contributed by atoms with Gasteiger partial charge in [0.25, 0.3) is 0 Å². The second-order valence-corrected chi connectivity index (χ2v) is 4.06. The number of rotatable bonds is 4. The Labute approximate surface area is 100 Å². The third kappa shape index (κ3) is 2.56. The van der Waals surface area contributed by atoms with Gasteiger partial charge < -0.3 is 10.0 Å². The number of anilines is 1. The van der Waals surface area contributed by atoms with Crippen molar-refractivity contribution in [3.05, 3.63) is 42.5 Å². The molecule has 0 spiro atoms. The second kappa shape index (κ2) is 4.87. The van der Waals surface area contributed by atoms with Crippen molar-refractivity contribution in [3.63, 3.8) is 0 Å². The molecule has 0 saturated carbocycles. The van der Waals surface area contributed by atoms with Gasteiger partial charge in [0, 0.05) is 24.7 Å². The summed E-state index contributed by atoms with van der Waals surface area (Å²) in [5.41, 5.74) is 1.07. The fourth-order valence-corrected chi connectivity index (χ4v) is 1.92. The Morgan fingerprint density at radius 1 is 1.18 bits per heavy atom. The number of carbonyl (C=O) groups is 1. The van der Waals surface area contributed by atoms with E-state index in [9.17, 15) is 4.79 Å². The molecule has 0 saturated heterocycles. The van der Waals surface area contributed by atoms with Gasteiger partial charge in [-0.1, -0.05) is 36.4 Å². The quantitative estimate of drug-likeness (QED) is 0.876. The predicted molar refractivity (Wildman–Crippen MR) is 69.5 cm³/mol. The summed E-state index contributed by atoms with van der Waals surface area (Å²) in [6, 6.07) is 14.2. The molecule has 0 radical (unpaired) electrons. The van der Waals surface area contributed by atoms with Gasteiger partial charge in [0.15, 0.2) is 0 Å². The zero-order valence-corrected chi connectivity index (χ0v) is 9.76. The Balaban J connectivity index is 2.31. The van der Waals surface area contributed by atoms with E-state index in [0.717, 1.165) is 11.1 Å². The normalized spacial score (nSPS) is 10.4. The van der Waals surface area contributed by atoms with Gasteiger partial charge in [0.1, 0.15) is 0 Å². The van der Waals surface area contributed by atoms with Crippen LogP contribution < -0.4 is 4.90 Å². The molecule has 2 aromatic carbocycles. The molecule has 17 heavy (non-hydrogen) atoms. The van der Waals surface area contributed by atoms with Crippen LogP contribution in [0.5, 0.6) is 0 Å². The summed E-state index contributed by atoms with van der Waals surface area (Å²) in [5, 5.41) is 11.0. The van der Waals surface area contributed by atoms with Crippen molar-refractivity contribution < 1.29 is 9.90 Å². The number of carboxylic acids is 1. The van der Waals surface area contributed by atoms with Gasteiger partial charge in [0.05, 0.1) is 6.42 Å². The second-order valence-electron chi connectivity index (χ2n) is 4.06. The average molecular weight is 229 g/mol. The standard InChI is InChI=1S/C14H15NO2/c1-15(10-9-14(16)17)13-8-4-6-11-5-2-3-7-12(11)13/h2-8H,9-10H2,1H3,(H,16,17). The summed E-state index contributed by atoms with van der Waals surface area (Å²) >= 11 is 0. The number of fused-ring (bicyclic) bond motifs is 1. The first-order chi connectivity index (χ1) is 8.18. The molecule has 2 rings (SSSR count). The number of aliphatic carboxylic acids is 1. The maximum Gasteiger partial charge on any atom is 0.305 e. The molecule has 0 aliphatic carbocycles. The topological polar surface area (TPSA) is 40.5 Å². The minimum absolute atomic E-state index is 0.153. The van der Waals surface area contributed by atoms with Gasteiger partial charge in [-0.25, -0.2) is 0 Å². The van der Waals surface area contributed by atoms with Crippen molar-refractivity contribution >= 4 is 22.4 Å². The van der Waals surface area contributed by atoms with Gasteiger partial charge in [-0.05, 0) is 11.5 Å². The van der Waals surface area contributed by atoms with Crippen LogP contribution in [0.3, 0.4) is 0 Å². The predicted octanol–water partition coefficient (Wildman–Crippen LogP) is 2.75. The number of benzene rings is 2. The lowest BCUT2D eigenvalue weighted by molar-refractivity contribution is -0.136. The van der Waals surface area contributed by atoms with Crippen molar-refractivity contribution in [2.75, 3.05) is 18.5 Å². The summed E-state index contributed by atoms with van der Waals surface area (Å²) in [6.45, 7) is 0.517. The molecule has 0 atom stereocenters. The van der Waals surface area contributed by atoms with Crippen LogP contribution >= 0.6 is 0 Å². The highest BCUT2D eigenvalue weighted by molar-refractivity contribution is 5.94. The summed E-state index contributed by atoms with van der Waals surface area (Å²) in [6.07, 6.45) is 0.153. The van der Waals surface area contributed by atoms with Gasteiger partial charge in [-0.3, -0.25) is 4.79 Å². The van der Waals surface area contributed by atoms with Crippen LogP contribution in [-0.4, -0.2) is 24.7 Å². The van der Waals surface area contributed by atoms with Crippen LogP contribution in [0.25, 0.3) is 10.8 Å². The van der Waals surface area contributed by atoms with E-state index in [-0.39, 0.29) is 6.42 Å². The van der Waals surface area contributed by atoms with Crippen molar-refractivity contribution in [2.45, 2.75) is 6.42 Å². The summed E-state index contributed by atoms with van der Waals surface area (Å²) in [4.78, 5) is 12.6. The highest BCUT2D eigenvalue weighted by Crippen LogP contribution is 2.25. The molecule has 0 amide bonds. The average Bonchev–Trinajstić information content (AvgIpc) is 2.35. The van der Waals surface area contributed by atoms with E-state index in [0.29, 0.717) is 6.54 Å². The Kier molecular flexibility index (Phi) is 3.28. The number of hydrogen-bond donors (Lipinski definition) is 1. The third-order valence-electron chi connectivity index (χ3n) is 2.84. The molecule has 2 aromatic rings. The molecule has 0 aliphatic heterocycles. The summed E-state index contributed by atoms with van der Waals surface area (Å²) < 4.78 is 0.